The Kier molecular flexibility index (Phi) is 4.57. The first-order chi connectivity index (χ1) is 10.6. The molecule has 0 aliphatic carbocycles. The van der Waals surface area contributed by atoms with Crippen LogP contribution in [0.4, 0.5) is 0 Å². The summed E-state index contributed by atoms with van der Waals surface area (Å²) in [5.41, 5.74) is 7.59. The minimum absolute atomic E-state index is 0.00703. The Morgan fingerprint density at radius 1 is 1.36 bits per heavy atom. The molecular weight excluding hydrogens is 280 g/mol. The van der Waals surface area contributed by atoms with E-state index in [0.29, 0.717) is 18.9 Å². The van der Waals surface area contributed by atoms with E-state index in [1.807, 2.05) is 6.07 Å². The molecule has 2 aliphatic rings. The van der Waals surface area contributed by atoms with Crippen LogP contribution in [0.2, 0.25) is 0 Å². The Balaban J connectivity index is 1.85. The second kappa shape index (κ2) is 6.44. The molecule has 3 atom stereocenters. The number of rotatable bonds is 3. The maximum Gasteiger partial charge on any atom is 0.161 e. The minimum atomic E-state index is -0.197. The lowest BCUT2D eigenvalue weighted by molar-refractivity contribution is -0.0668. The summed E-state index contributed by atoms with van der Waals surface area (Å²) < 4.78 is 6.24. The molecule has 1 aromatic rings. The van der Waals surface area contributed by atoms with Crippen molar-refractivity contribution >= 4 is 0 Å². The highest BCUT2D eigenvalue weighted by Crippen LogP contribution is 2.42. The fourth-order valence-electron chi connectivity index (χ4n) is 3.83. The normalized spacial score (nSPS) is 29.3. The SMILES string of the molecule is CCN1CCCC(C2Cc3c(ccc(O)c3O)C(CN)O2)C1. The summed E-state index contributed by atoms with van der Waals surface area (Å²) in [5, 5.41) is 20.0. The maximum atomic E-state index is 10.2. The predicted molar refractivity (Wildman–Crippen MR) is 85.0 cm³/mol. The third-order valence-corrected chi connectivity index (χ3v) is 5.12. The number of benzene rings is 1. The lowest BCUT2D eigenvalue weighted by Gasteiger charge is -2.40. The molecule has 0 aromatic heterocycles. The molecule has 1 aromatic carbocycles. The van der Waals surface area contributed by atoms with Crippen LogP contribution in [0.15, 0.2) is 12.1 Å². The van der Waals surface area contributed by atoms with Gasteiger partial charge in [-0.15, -0.1) is 0 Å². The van der Waals surface area contributed by atoms with Gasteiger partial charge in [-0.05, 0) is 43.5 Å². The molecule has 5 nitrogen and oxygen atoms in total. The van der Waals surface area contributed by atoms with Gasteiger partial charge in [-0.2, -0.15) is 0 Å². The van der Waals surface area contributed by atoms with E-state index < -0.39 is 0 Å². The molecule has 2 heterocycles. The number of phenols is 2. The molecule has 0 radical (unpaired) electrons. The van der Waals surface area contributed by atoms with Crippen molar-refractivity contribution in [2.45, 2.75) is 38.4 Å². The summed E-state index contributed by atoms with van der Waals surface area (Å²) in [6.07, 6.45) is 2.84. The lowest BCUT2D eigenvalue weighted by atomic mass is 9.84. The number of hydrogen-bond donors (Lipinski definition) is 3. The summed E-state index contributed by atoms with van der Waals surface area (Å²) in [5.74, 6) is 0.388. The smallest absolute Gasteiger partial charge is 0.161 e. The molecule has 1 fully saturated rings. The minimum Gasteiger partial charge on any atom is -0.504 e. The summed E-state index contributed by atoms with van der Waals surface area (Å²) >= 11 is 0. The van der Waals surface area contributed by atoms with Crippen molar-refractivity contribution in [1.82, 2.24) is 4.90 Å². The standard InChI is InChI=1S/C17H26N2O3/c1-2-19-7-3-4-11(10-19)15-8-13-12(16(9-18)22-15)5-6-14(20)17(13)21/h5-6,11,15-16,20-21H,2-4,7-10,18H2,1H3. The fraction of sp³-hybridized carbons (Fsp3) is 0.647. The maximum absolute atomic E-state index is 10.2. The third kappa shape index (κ3) is 2.81. The van der Waals surface area contributed by atoms with Gasteiger partial charge in [0.05, 0.1) is 12.2 Å². The van der Waals surface area contributed by atoms with Crippen molar-refractivity contribution in [3.8, 4) is 11.5 Å². The van der Waals surface area contributed by atoms with E-state index in [1.165, 1.54) is 12.5 Å². The number of likely N-dealkylation sites (tertiary alicyclic amines) is 1. The number of piperidine rings is 1. The van der Waals surface area contributed by atoms with Crippen molar-refractivity contribution in [2.24, 2.45) is 11.7 Å². The molecule has 122 valence electrons. The predicted octanol–water partition coefficient (Wildman–Crippen LogP) is 1.77. The van der Waals surface area contributed by atoms with Gasteiger partial charge in [-0.25, -0.2) is 0 Å². The van der Waals surface area contributed by atoms with Crippen LogP contribution in [-0.2, 0) is 11.2 Å². The first-order valence-corrected chi connectivity index (χ1v) is 8.25. The van der Waals surface area contributed by atoms with Crippen LogP contribution < -0.4 is 5.73 Å². The van der Waals surface area contributed by atoms with E-state index in [9.17, 15) is 10.2 Å². The van der Waals surface area contributed by atoms with Gasteiger partial charge in [0.15, 0.2) is 11.5 Å². The van der Waals surface area contributed by atoms with E-state index in [2.05, 4.69) is 11.8 Å². The Morgan fingerprint density at radius 2 is 2.18 bits per heavy atom. The molecule has 22 heavy (non-hydrogen) atoms. The Morgan fingerprint density at radius 3 is 2.91 bits per heavy atom. The zero-order valence-electron chi connectivity index (χ0n) is 13.2. The number of nitrogens with two attached hydrogens (primary N) is 1. The molecule has 0 saturated carbocycles. The molecule has 0 spiro atoms. The fourth-order valence-corrected chi connectivity index (χ4v) is 3.83. The molecule has 3 rings (SSSR count). The van der Waals surface area contributed by atoms with Crippen LogP contribution in [0.1, 0.15) is 37.0 Å². The van der Waals surface area contributed by atoms with E-state index >= 15 is 0 Å². The number of fused-ring (bicyclic) bond motifs is 1. The zero-order valence-corrected chi connectivity index (χ0v) is 13.2. The number of aromatic hydroxyl groups is 2. The van der Waals surface area contributed by atoms with Gasteiger partial charge in [0.1, 0.15) is 0 Å². The molecule has 0 bridgehead atoms. The van der Waals surface area contributed by atoms with Crippen LogP contribution in [0.25, 0.3) is 0 Å². The highest BCUT2D eigenvalue weighted by molar-refractivity contribution is 5.51. The topological polar surface area (TPSA) is 79.0 Å². The summed E-state index contributed by atoms with van der Waals surface area (Å²) in [7, 11) is 0. The number of hydrogen-bond acceptors (Lipinski definition) is 5. The average molecular weight is 306 g/mol. The monoisotopic (exact) mass is 306 g/mol. The van der Waals surface area contributed by atoms with Crippen LogP contribution >= 0.6 is 0 Å². The van der Waals surface area contributed by atoms with Crippen molar-refractivity contribution in [2.75, 3.05) is 26.2 Å². The lowest BCUT2D eigenvalue weighted by Crippen LogP contribution is -2.44. The molecule has 4 N–H and O–H groups in total. The van der Waals surface area contributed by atoms with Gasteiger partial charge in [0.2, 0.25) is 0 Å². The first kappa shape index (κ1) is 15.6. The van der Waals surface area contributed by atoms with Gasteiger partial charge in [0, 0.05) is 25.1 Å². The molecule has 0 amide bonds. The second-order valence-electron chi connectivity index (χ2n) is 6.40. The number of nitrogens with zero attached hydrogens (tertiary/aromatic N) is 1. The van der Waals surface area contributed by atoms with Crippen LogP contribution in [0, 0.1) is 5.92 Å². The van der Waals surface area contributed by atoms with E-state index in [1.54, 1.807) is 0 Å². The molecule has 5 heteroatoms. The Labute approximate surface area is 131 Å². The van der Waals surface area contributed by atoms with Crippen molar-refractivity contribution in [3.05, 3.63) is 23.3 Å². The zero-order chi connectivity index (χ0) is 15.7. The quantitative estimate of drug-likeness (QED) is 0.742. The summed E-state index contributed by atoms with van der Waals surface area (Å²) in [6, 6.07) is 3.33. The van der Waals surface area contributed by atoms with Gasteiger partial charge in [-0.1, -0.05) is 13.0 Å². The second-order valence-corrected chi connectivity index (χ2v) is 6.40. The van der Waals surface area contributed by atoms with Crippen LogP contribution in [0.5, 0.6) is 11.5 Å². The average Bonchev–Trinajstić information content (AvgIpc) is 2.57. The van der Waals surface area contributed by atoms with Gasteiger partial charge >= 0.3 is 0 Å². The van der Waals surface area contributed by atoms with Crippen LogP contribution in [-0.4, -0.2) is 47.4 Å². The van der Waals surface area contributed by atoms with Gasteiger partial charge in [0.25, 0.3) is 0 Å². The highest BCUT2D eigenvalue weighted by Gasteiger charge is 2.35. The third-order valence-electron chi connectivity index (χ3n) is 5.12. The van der Waals surface area contributed by atoms with E-state index in [4.69, 9.17) is 10.5 Å². The van der Waals surface area contributed by atoms with E-state index in [-0.39, 0.29) is 23.7 Å². The molecule has 2 aliphatic heterocycles. The highest BCUT2D eigenvalue weighted by atomic mass is 16.5. The largest absolute Gasteiger partial charge is 0.504 e. The van der Waals surface area contributed by atoms with Gasteiger partial charge in [-0.3, -0.25) is 0 Å². The van der Waals surface area contributed by atoms with Gasteiger partial charge < -0.3 is 25.6 Å². The summed E-state index contributed by atoms with van der Waals surface area (Å²) in [6.45, 7) is 5.83. The Hall–Kier alpha value is -1.30. The van der Waals surface area contributed by atoms with Crippen molar-refractivity contribution < 1.29 is 14.9 Å². The molecule has 1 saturated heterocycles. The first-order valence-electron chi connectivity index (χ1n) is 8.25. The molecule has 3 unspecified atom stereocenters. The van der Waals surface area contributed by atoms with Crippen LogP contribution in [0.3, 0.4) is 0 Å². The molecular formula is C17H26N2O3. The number of phenolic OH excluding ortho intramolecular Hbond substituents is 2. The van der Waals surface area contributed by atoms with Crippen molar-refractivity contribution in [3.63, 3.8) is 0 Å². The van der Waals surface area contributed by atoms with E-state index in [0.717, 1.165) is 37.2 Å². The summed E-state index contributed by atoms with van der Waals surface area (Å²) in [4.78, 5) is 2.45. The Bertz CT molecular complexity index is 535. The van der Waals surface area contributed by atoms with Crippen molar-refractivity contribution in [1.29, 1.82) is 0 Å². The number of ether oxygens (including phenoxy) is 1.